The van der Waals surface area contributed by atoms with Crippen LogP contribution < -0.4 is 16.1 Å². The molecule has 0 atom stereocenters. The number of benzene rings is 1. The summed E-state index contributed by atoms with van der Waals surface area (Å²) in [5, 5.41) is 0.758. The highest BCUT2D eigenvalue weighted by atomic mass is 32.1. The van der Waals surface area contributed by atoms with E-state index in [1.165, 1.54) is 26.9 Å². The number of aromatic nitrogens is 3. The first-order valence-corrected chi connectivity index (χ1v) is 12.6. The number of nitrogens with zero attached hydrogens (tertiary/aromatic N) is 5. The second-order valence-electron chi connectivity index (χ2n) is 8.42. The van der Waals surface area contributed by atoms with Gasteiger partial charge in [-0.15, -0.1) is 0 Å². The van der Waals surface area contributed by atoms with E-state index in [0.717, 1.165) is 36.6 Å². The quantitative estimate of drug-likeness (QED) is 0.507. The van der Waals surface area contributed by atoms with Gasteiger partial charge in [0.2, 0.25) is 5.91 Å². The molecule has 1 fully saturated rings. The third-order valence-electron chi connectivity index (χ3n) is 6.07. The van der Waals surface area contributed by atoms with Crippen LogP contribution >= 0.6 is 11.3 Å². The van der Waals surface area contributed by atoms with E-state index in [9.17, 15) is 14.4 Å². The van der Waals surface area contributed by atoms with Crippen molar-refractivity contribution in [3.8, 4) is 0 Å². The molecule has 8 nitrogen and oxygen atoms in total. The minimum Gasteiger partial charge on any atom is -0.348 e. The van der Waals surface area contributed by atoms with Gasteiger partial charge in [-0.05, 0) is 38.2 Å². The van der Waals surface area contributed by atoms with Gasteiger partial charge in [0.25, 0.3) is 5.56 Å². The lowest BCUT2D eigenvalue weighted by atomic mass is 10.1. The molecule has 0 aliphatic carbocycles. The van der Waals surface area contributed by atoms with E-state index in [2.05, 4.69) is 4.90 Å². The van der Waals surface area contributed by atoms with Gasteiger partial charge in [0, 0.05) is 32.7 Å². The first kappa shape index (κ1) is 23.2. The van der Waals surface area contributed by atoms with E-state index in [-0.39, 0.29) is 18.0 Å². The minimum atomic E-state index is -0.464. The third kappa shape index (κ3) is 4.88. The zero-order valence-electron chi connectivity index (χ0n) is 19.3. The highest BCUT2D eigenvalue weighted by Crippen LogP contribution is 2.28. The average molecular weight is 470 g/mol. The van der Waals surface area contributed by atoms with E-state index in [0.29, 0.717) is 36.4 Å². The molecule has 33 heavy (non-hydrogen) atoms. The van der Waals surface area contributed by atoms with Crippen molar-refractivity contribution >= 4 is 32.7 Å². The lowest BCUT2D eigenvalue weighted by molar-refractivity contribution is -0.132. The number of amides is 1. The van der Waals surface area contributed by atoms with Gasteiger partial charge in [0.15, 0.2) is 10.8 Å². The Morgan fingerprint density at radius 1 is 1.06 bits per heavy atom. The summed E-state index contributed by atoms with van der Waals surface area (Å²) in [6.45, 7) is 6.82. The van der Waals surface area contributed by atoms with Gasteiger partial charge >= 0.3 is 5.69 Å². The van der Waals surface area contributed by atoms with Gasteiger partial charge in [-0.2, -0.15) is 0 Å². The number of hydrogen-bond donors (Lipinski definition) is 0. The standard InChI is InChI=1S/C24H31N5O3S/c1-3-13-28-22(31)20-21(25-23(33-20)27-14-9-6-10-15-27)29(24(28)32)17-19(30)26(4-2)16-18-11-7-5-8-12-18/h5,7-8,11-12H,3-4,6,9-10,13-17H2,1-2H3. The van der Waals surface area contributed by atoms with Gasteiger partial charge in [0.05, 0.1) is 0 Å². The Labute approximate surface area is 197 Å². The summed E-state index contributed by atoms with van der Waals surface area (Å²) in [5.41, 5.74) is 0.584. The number of fused-ring (bicyclic) bond motifs is 1. The Bertz CT molecular complexity index is 1220. The number of carbonyl (C=O) groups is 1. The summed E-state index contributed by atoms with van der Waals surface area (Å²) in [7, 11) is 0. The molecule has 3 aromatic rings. The van der Waals surface area contributed by atoms with Gasteiger partial charge < -0.3 is 9.80 Å². The zero-order valence-corrected chi connectivity index (χ0v) is 20.1. The van der Waals surface area contributed by atoms with Crippen molar-refractivity contribution in [2.45, 2.75) is 59.2 Å². The average Bonchev–Trinajstić information content (AvgIpc) is 3.30. The molecule has 0 radical (unpaired) electrons. The summed E-state index contributed by atoms with van der Waals surface area (Å²) < 4.78 is 3.09. The topological polar surface area (TPSA) is 80.4 Å². The van der Waals surface area contributed by atoms with Crippen molar-refractivity contribution in [3.05, 3.63) is 56.7 Å². The van der Waals surface area contributed by atoms with Crippen LogP contribution in [0.15, 0.2) is 39.9 Å². The zero-order chi connectivity index (χ0) is 23.4. The van der Waals surface area contributed by atoms with Crippen LogP contribution in [-0.2, 0) is 24.4 Å². The summed E-state index contributed by atoms with van der Waals surface area (Å²) in [6, 6.07) is 9.79. The number of piperidine rings is 1. The Kier molecular flexibility index (Phi) is 7.27. The van der Waals surface area contributed by atoms with E-state index in [1.807, 2.05) is 44.2 Å². The summed E-state index contributed by atoms with van der Waals surface area (Å²) >= 11 is 1.33. The van der Waals surface area contributed by atoms with Crippen LogP contribution in [0.25, 0.3) is 10.3 Å². The minimum absolute atomic E-state index is 0.136. The van der Waals surface area contributed by atoms with Crippen LogP contribution in [-0.4, -0.2) is 44.6 Å². The van der Waals surface area contributed by atoms with Gasteiger partial charge in [0.1, 0.15) is 11.2 Å². The van der Waals surface area contributed by atoms with Crippen molar-refractivity contribution in [1.82, 2.24) is 19.0 Å². The molecule has 3 heterocycles. The molecule has 1 aromatic carbocycles. The number of rotatable bonds is 8. The molecule has 1 aliphatic rings. The van der Waals surface area contributed by atoms with Crippen LogP contribution in [0, 0.1) is 0 Å². The molecule has 2 aromatic heterocycles. The number of carbonyl (C=O) groups excluding carboxylic acids is 1. The van der Waals surface area contributed by atoms with Crippen LogP contribution in [0.5, 0.6) is 0 Å². The van der Waals surface area contributed by atoms with Gasteiger partial charge in [-0.3, -0.25) is 18.7 Å². The molecule has 1 saturated heterocycles. The Morgan fingerprint density at radius 2 is 1.79 bits per heavy atom. The summed E-state index contributed by atoms with van der Waals surface area (Å²) in [4.78, 5) is 48.3. The molecule has 0 spiro atoms. The van der Waals surface area contributed by atoms with E-state index in [1.54, 1.807) is 4.90 Å². The largest absolute Gasteiger partial charge is 0.348 e. The fourth-order valence-electron chi connectivity index (χ4n) is 4.27. The molecule has 0 N–H and O–H groups in total. The maximum absolute atomic E-state index is 13.3. The van der Waals surface area contributed by atoms with Crippen molar-refractivity contribution in [2.24, 2.45) is 0 Å². The second kappa shape index (κ2) is 10.3. The van der Waals surface area contributed by atoms with Gasteiger partial charge in [-0.25, -0.2) is 9.78 Å². The maximum atomic E-state index is 13.3. The van der Waals surface area contributed by atoms with Crippen LogP contribution in [0.4, 0.5) is 5.13 Å². The molecule has 176 valence electrons. The lowest BCUT2D eigenvalue weighted by Gasteiger charge is -2.25. The molecule has 1 amide bonds. The fraction of sp³-hybridized carbons (Fsp3) is 0.500. The predicted molar refractivity (Wildman–Crippen MR) is 132 cm³/mol. The maximum Gasteiger partial charge on any atom is 0.333 e. The second-order valence-corrected chi connectivity index (χ2v) is 9.39. The Hall–Kier alpha value is -2.94. The van der Waals surface area contributed by atoms with E-state index < -0.39 is 5.69 Å². The molecule has 1 aliphatic heterocycles. The highest BCUT2D eigenvalue weighted by Gasteiger charge is 2.23. The van der Waals surface area contributed by atoms with Gasteiger partial charge in [-0.1, -0.05) is 48.6 Å². The molecule has 9 heteroatoms. The number of thiazole rings is 1. The monoisotopic (exact) mass is 469 g/mol. The van der Waals surface area contributed by atoms with Crippen molar-refractivity contribution in [3.63, 3.8) is 0 Å². The Balaban J connectivity index is 1.73. The molecule has 4 rings (SSSR count). The summed E-state index contributed by atoms with van der Waals surface area (Å²) in [6.07, 6.45) is 4.03. The highest BCUT2D eigenvalue weighted by molar-refractivity contribution is 7.22. The van der Waals surface area contributed by atoms with Crippen molar-refractivity contribution < 1.29 is 4.79 Å². The molecular formula is C24H31N5O3S. The van der Waals surface area contributed by atoms with Crippen LogP contribution in [0.2, 0.25) is 0 Å². The van der Waals surface area contributed by atoms with Crippen LogP contribution in [0.1, 0.15) is 45.1 Å². The first-order valence-electron chi connectivity index (χ1n) is 11.7. The lowest BCUT2D eigenvalue weighted by Crippen LogP contribution is -2.43. The smallest absolute Gasteiger partial charge is 0.333 e. The number of anilines is 1. The number of likely N-dealkylation sites (N-methyl/N-ethyl adjacent to an activating group) is 1. The fourth-order valence-corrected chi connectivity index (χ4v) is 5.34. The van der Waals surface area contributed by atoms with Crippen molar-refractivity contribution in [1.29, 1.82) is 0 Å². The number of hydrogen-bond acceptors (Lipinski definition) is 6. The van der Waals surface area contributed by atoms with Crippen molar-refractivity contribution in [2.75, 3.05) is 24.5 Å². The SMILES string of the molecule is CCCn1c(=O)c2sc(N3CCCCC3)nc2n(CC(=O)N(CC)Cc2ccccc2)c1=O. The third-order valence-corrected chi connectivity index (χ3v) is 7.17. The van der Waals surface area contributed by atoms with E-state index in [4.69, 9.17) is 4.98 Å². The normalized spacial score (nSPS) is 14.1. The Morgan fingerprint density at radius 3 is 2.45 bits per heavy atom. The van der Waals surface area contributed by atoms with E-state index >= 15 is 0 Å². The molecule has 0 unspecified atom stereocenters. The predicted octanol–water partition coefficient (Wildman–Crippen LogP) is 3.07. The molecule has 0 saturated carbocycles. The molecule has 0 bridgehead atoms. The summed E-state index contributed by atoms with van der Waals surface area (Å²) in [5.74, 6) is -0.168. The first-order chi connectivity index (χ1) is 16.0. The van der Waals surface area contributed by atoms with Crippen LogP contribution in [0.3, 0.4) is 0 Å². The molecular weight excluding hydrogens is 438 g/mol.